The molecular weight excluding hydrogens is 525 g/mol. The quantitative estimate of drug-likeness (QED) is 0.280. The molecule has 1 aliphatic rings. The summed E-state index contributed by atoms with van der Waals surface area (Å²) in [6, 6.07) is 12.9. The van der Waals surface area contributed by atoms with Crippen LogP contribution in [0.15, 0.2) is 59.9 Å². The molecular formula is C25H25ClFN3O4S2. The van der Waals surface area contributed by atoms with Crippen LogP contribution in [0.2, 0.25) is 5.02 Å². The third-order valence-corrected chi connectivity index (χ3v) is 8.66. The summed E-state index contributed by atoms with van der Waals surface area (Å²) in [6.45, 7) is 2.63. The van der Waals surface area contributed by atoms with Crippen molar-refractivity contribution >= 4 is 39.1 Å². The maximum absolute atomic E-state index is 13.7. The molecule has 0 bridgehead atoms. The summed E-state index contributed by atoms with van der Waals surface area (Å²) in [5.41, 5.74) is 1.72. The van der Waals surface area contributed by atoms with E-state index in [1.807, 2.05) is 31.2 Å². The van der Waals surface area contributed by atoms with E-state index in [1.165, 1.54) is 35.0 Å². The summed E-state index contributed by atoms with van der Waals surface area (Å²) in [6.07, 6.45) is 1.72. The summed E-state index contributed by atoms with van der Waals surface area (Å²) in [5.74, 6) is 0.338. The first-order valence-corrected chi connectivity index (χ1v) is 14.6. The van der Waals surface area contributed by atoms with E-state index in [9.17, 15) is 17.6 Å². The predicted molar refractivity (Wildman–Crippen MR) is 138 cm³/mol. The predicted octanol–water partition coefficient (Wildman–Crippen LogP) is 4.79. The van der Waals surface area contributed by atoms with Gasteiger partial charge in [-0.25, -0.2) is 22.8 Å². The molecule has 0 radical (unpaired) electrons. The summed E-state index contributed by atoms with van der Waals surface area (Å²) in [5, 5.41) is 0.427. The van der Waals surface area contributed by atoms with Crippen molar-refractivity contribution in [1.82, 2.24) is 14.9 Å². The maximum atomic E-state index is 13.7. The molecule has 1 amide bonds. The van der Waals surface area contributed by atoms with Crippen LogP contribution in [0.25, 0.3) is 0 Å². The maximum Gasteiger partial charge on any atom is 0.274 e. The zero-order valence-electron chi connectivity index (χ0n) is 19.6. The minimum atomic E-state index is -3.23. The molecule has 1 atom stereocenters. The molecule has 3 aromatic rings. The molecule has 0 unspecified atom stereocenters. The highest BCUT2D eigenvalue weighted by Crippen LogP contribution is 2.27. The van der Waals surface area contributed by atoms with Gasteiger partial charge in [0.25, 0.3) is 5.91 Å². The zero-order chi connectivity index (χ0) is 25.7. The van der Waals surface area contributed by atoms with E-state index in [2.05, 4.69) is 9.97 Å². The molecule has 0 N–H and O–H groups in total. The van der Waals surface area contributed by atoms with Gasteiger partial charge in [-0.2, -0.15) is 0 Å². The van der Waals surface area contributed by atoms with Crippen molar-refractivity contribution < 1.29 is 22.3 Å². The van der Waals surface area contributed by atoms with E-state index in [0.29, 0.717) is 29.7 Å². The fourth-order valence-corrected chi connectivity index (χ4v) is 6.55. The van der Waals surface area contributed by atoms with Gasteiger partial charge in [-0.3, -0.25) is 4.79 Å². The van der Waals surface area contributed by atoms with E-state index < -0.39 is 21.8 Å². The number of carbonyl (C=O) groups is 1. The second-order valence-corrected chi connectivity index (χ2v) is 11.9. The van der Waals surface area contributed by atoms with Gasteiger partial charge in [0.2, 0.25) is 0 Å². The Labute approximate surface area is 219 Å². The zero-order valence-corrected chi connectivity index (χ0v) is 22.0. The fourth-order valence-electron chi connectivity index (χ4n) is 3.88. The summed E-state index contributed by atoms with van der Waals surface area (Å²) >= 11 is 7.62. The van der Waals surface area contributed by atoms with Crippen LogP contribution in [0.3, 0.4) is 0 Å². The summed E-state index contributed by atoms with van der Waals surface area (Å²) < 4.78 is 43.1. The number of benzene rings is 2. The lowest BCUT2D eigenvalue weighted by atomic mass is 10.1. The van der Waals surface area contributed by atoms with E-state index in [-0.39, 0.29) is 34.6 Å². The number of ether oxygens (including phenoxy) is 1. The number of aromatic nitrogens is 2. The van der Waals surface area contributed by atoms with Crippen molar-refractivity contribution in [2.45, 2.75) is 36.8 Å². The topological polar surface area (TPSA) is 89.5 Å². The third kappa shape index (κ3) is 6.74. The van der Waals surface area contributed by atoms with Gasteiger partial charge >= 0.3 is 0 Å². The van der Waals surface area contributed by atoms with Crippen molar-refractivity contribution in [3.63, 3.8) is 0 Å². The van der Waals surface area contributed by atoms with Gasteiger partial charge in [0, 0.05) is 18.3 Å². The molecule has 2 heterocycles. The number of amides is 1. The summed E-state index contributed by atoms with van der Waals surface area (Å²) in [4.78, 5) is 23.8. The van der Waals surface area contributed by atoms with E-state index in [0.717, 1.165) is 11.1 Å². The van der Waals surface area contributed by atoms with Crippen LogP contribution in [0.5, 0.6) is 5.75 Å². The van der Waals surface area contributed by atoms with Gasteiger partial charge in [-0.15, -0.1) is 0 Å². The molecule has 0 saturated carbocycles. The van der Waals surface area contributed by atoms with Gasteiger partial charge in [0.1, 0.15) is 11.6 Å². The number of nitrogens with zero attached hydrogens (tertiary/aromatic N) is 3. The average molecular weight is 550 g/mol. The standard InChI is InChI=1S/C25H25ClFN3O4S2/c1-2-34-21-9-5-17(6-10-21)14-30(20-11-12-36(32,33)16-20)24(31)23-22(26)13-28-25(29-23)35-15-18-3-7-19(27)8-4-18/h3-10,13,20H,2,11-12,14-16H2,1H3/t20-/m1/s1. The van der Waals surface area contributed by atoms with Crippen molar-refractivity contribution in [1.29, 1.82) is 0 Å². The molecule has 1 saturated heterocycles. The Balaban J connectivity index is 1.57. The third-order valence-electron chi connectivity index (χ3n) is 5.70. The Bertz CT molecular complexity index is 1320. The lowest BCUT2D eigenvalue weighted by Crippen LogP contribution is -2.41. The van der Waals surface area contributed by atoms with Crippen molar-refractivity contribution in [2.75, 3.05) is 18.1 Å². The first-order valence-electron chi connectivity index (χ1n) is 11.4. The number of hydrogen-bond donors (Lipinski definition) is 0. The van der Waals surface area contributed by atoms with Crippen LogP contribution in [0.1, 0.15) is 35.0 Å². The van der Waals surface area contributed by atoms with Crippen LogP contribution in [0, 0.1) is 5.82 Å². The Kier molecular flexibility index (Phi) is 8.48. The van der Waals surface area contributed by atoms with Gasteiger partial charge in [0.05, 0.1) is 29.3 Å². The van der Waals surface area contributed by atoms with E-state index >= 15 is 0 Å². The number of sulfone groups is 1. The van der Waals surface area contributed by atoms with Gasteiger partial charge in [-0.05, 0) is 48.7 Å². The molecule has 0 aliphatic carbocycles. The first-order chi connectivity index (χ1) is 17.2. The van der Waals surface area contributed by atoms with Crippen LogP contribution in [0.4, 0.5) is 4.39 Å². The first kappa shape index (κ1) is 26.4. The van der Waals surface area contributed by atoms with Gasteiger partial charge in [0.15, 0.2) is 20.7 Å². The molecule has 11 heteroatoms. The lowest BCUT2D eigenvalue weighted by molar-refractivity contribution is 0.0674. The van der Waals surface area contributed by atoms with Crippen molar-refractivity contribution in [3.05, 3.63) is 82.4 Å². The second kappa shape index (κ2) is 11.6. The lowest BCUT2D eigenvalue weighted by Gasteiger charge is -2.28. The van der Waals surface area contributed by atoms with Crippen molar-refractivity contribution in [3.8, 4) is 5.75 Å². The number of halogens is 2. The van der Waals surface area contributed by atoms with Crippen molar-refractivity contribution in [2.24, 2.45) is 0 Å². The number of carbonyl (C=O) groups excluding carboxylic acids is 1. The molecule has 190 valence electrons. The molecule has 7 nitrogen and oxygen atoms in total. The smallest absolute Gasteiger partial charge is 0.274 e. The highest BCUT2D eigenvalue weighted by molar-refractivity contribution is 7.98. The minimum Gasteiger partial charge on any atom is -0.494 e. The monoisotopic (exact) mass is 549 g/mol. The number of hydrogen-bond acceptors (Lipinski definition) is 7. The molecule has 1 aliphatic heterocycles. The fraction of sp³-hybridized carbons (Fsp3) is 0.320. The Hall–Kier alpha value is -2.69. The molecule has 1 fully saturated rings. The number of thioether (sulfide) groups is 1. The second-order valence-electron chi connectivity index (χ2n) is 8.33. The van der Waals surface area contributed by atoms with Crippen LogP contribution in [-0.2, 0) is 22.1 Å². The highest BCUT2D eigenvalue weighted by atomic mass is 35.5. The average Bonchev–Trinajstić information content (AvgIpc) is 3.23. The Morgan fingerprint density at radius 1 is 1.17 bits per heavy atom. The molecule has 4 rings (SSSR count). The molecule has 0 spiro atoms. The number of rotatable bonds is 9. The van der Waals surface area contributed by atoms with Crippen LogP contribution < -0.4 is 4.74 Å². The highest BCUT2D eigenvalue weighted by Gasteiger charge is 2.36. The molecule has 2 aromatic carbocycles. The van der Waals surface area contributed by atoms with Gasteiger partial charge < -0.3 is 9.64 Å². The van der Waals surface area contributed by atoms with Gasteiger partial charge in [-0.1, -0.05) is 47.6 Å². The van der Waals surface area contributed by atoms with Crippen LogP contribution in [-0.4, -0.2) is 53.3 Å². The Morgan fingerprint density at radius 2 is 1.86 bits per heavy atom. The van der Waals surface area contributed by atoms with Crippen LogP contribution >= 0.6 is 23.4 Å². The normalized spacial score (nSPS) is 16.6. The Morgan fingerprint density at radius 3 is 2.50 bits per heavy atom. The van der Waals surface area contributed by atoms with E-state index in [1.54, 1.807) is 12.1 Å². The minimum absolute atomic E-state index is 0.0171. The largest absolute Gasteiger partial charge is 0.494 e. The molecule has 36 heavy (non-hydrogen) atoms. The molecule has 1 aromatic heterocycles. The SMILES string of the molecule is CCOc1ccc(CN(C(=O)c2nc(SCc3ccc(F)cc3)ncc2Cl)[C@@H]2CCS(=O)(=O)C2)cc1. The summed E-state index contributed by atoms with van der Waals surface area (Å²) in [7, 11) is -3.23. The van der Waals surface area contributed by atoms with E-state index in [4.69, 9.17) is 16.3 Å².